The van der Waals surface area contributed by atoms with Gasteiger partial charge in [0.2, 0.25) is 0 Å². The molecule has 2 N–H and O–H groups in total. The average molecular weight is 296 g/mol. The lowest BCUT2D eigenvalue weighted by molar-refractivity contribution is 0.775. The van der Waals surface area contributed by atoms with Gasteiger partial charge in [-0.05, 0) is 30.5 Å². The van der Waals surface area contributed by atoms with E-state index in [0.717, 1.165) is 18.7 Å². The van der Waals surface area contributed by atoms with Crippen LogP contribution in [0.5, 0.6) is 0 Å². The van der Waals surface area contributed by atoms with Crippen molar-refractivity contribution in [3.63, 3.8) is 0 Å². The highest BCUT2D eigenvalue weighted by Crippen LogP contribution is 2.34. The van der Waals surface area contributed by atoms with Crippen molar-refractivity contribution in [1.82, 2.24) is 0 Å². The summed E-state index contributed by atoms with van der Waals surface area (Å²) in [6.45, 7) is 4.22. The third-order valence-electron chi connectivity index (χ3n) is 4.28. The van der Waals surface area contributed by atoms with Crippen LogP contribution in [0, 0.1) is 6.92 Å². The maximum absolute atomic E-state index is 5.90. The number of hydrogen-bond donors (Lipinski definition) is 1. The number of rotatable bonds is 3. The maximum Gasteiger partial charge on any atom is 0.106 e. The number of nitrogens with two attached hydrogens (primary N) is 1. The summed E-state index contributed by atoms with van der Waals surface area (Å²) in [4.78, 5) is 2.92. The van der Waals surface area contributed by atoms with E-state index in [1.807, 2.05) is 12.1 Å². The van der Waals surface area contributed by atoms with Gasteiger partial charge in [-0.25, -0.2) is 0 Å². The summed E-state index contributed by atoms with van der Waals surface area (Å²) in [7, 11) is 0. The van der Waals surface area contributed by atoms with Gasteiger partial charge in [0, 0.05) is 30.3 Å². The molecule has 1 atom stereocenters. The topological polar surface area (TPSA) is 29.3 Å². The zero-order valence-electron chi connectivity index (χ0n) is 12.3. The minimum Gasteiger partial charge on any atom is -0.389 e. The molecule has 0 radical (unpaired) electrons. The van der Waals surface area contributed by atoms with Crippen molar-refractivity contribution in [3.8, 4) is 0 Å². The monoisotopic (exact) mass is 296 g/mol. The predicted octanol–water partition coefficient (Wildman–Crippen LogP) is 3.62. The molecule has 0 aliphatic carbocycles. The highest BCUT2D eigenvalue weighted by atomic mass is 32.1. The minimum atomic E-state index is 0.483. The lowest BCUT2D eigenvalue weighted by Crippen LogP contribution is -2.24. The Labute approximate surface area is 131 Å². The van der Waals surface area contributed by atoms with E-state index >= 15 is 0 Å². The Bertz CT molecular complexity index is 652. The fraction of sp³-hybridized carbons (Fsp3) is 0.278. The average Bonchev–Trinajstić information content (AvgIpc) is 2.97. The Kier molecular flexibility index (Phi) is 3.93. The number of nitrogens with zero attached hydrogens (tertiary/aromatic N) is 1. The van der Waals surface area contributed by atoms with Crippen molar-refractivity contribution in [2.45, 2.75) is 19.3 Å². The molecule has 1 aliphatic rings. The summed E-state index contributed by atoms with van der Waals surface area (Å²) in [6.07, 6.45) is 1.18. The number of aryl methyl sites for hydroxylation is 1. The van der Waals surface area contributed by atoms with Crippen molar-refractivity contribution in [2.24, 2.45) is 5.73 Å². The smallest absolute Gasteiger partial charge is 0.106 e. The number of hydrogen-bond acceptors (Lipinski definition) is 2. The molecule has 108 valence electrons. The number of benzene rings is 2. The lowest BCUT2D eigenvalue weighted by Gasteiger charge is -2.24. The zero-order valence-corrected chi connectivity index (χ0v) is 13.1. The first-order chi connectivity index (χ1) is 10.2. The molecule has 0 aromatic heterocycles. The van der Waals surface area contributed by atoms with Crippen molar-refractivity contribution in [3.05, 3.63) is 65.2 Å². The second-order valence-corrected chi connectivity index (χ2v) is 6.12. The molecule has 21 heavy (non-hydrogen) atoms. The Balaban J connectivity index is 1.89. The van der Waals surface area contributed by atoms with Crippen LogP contribution in [0.4, 0.5) is 5.69 Å². The van der Waals surface area contributed by atoms with Crippen LogP contribution in [-0.2, 0) is 0 Å². The Morgan fingerprint density at radius 1 is 1.14 bits per heavy atom. The fourth-order valence-corrected chi connectivity index (χ4v) is 3.40. The van der Waals surface area contributed by atoms with Gasteiger partial charge < -0.3 is 10.6 Å². The van der Waals surface area contributed by atoms with Gasteiger partial charge in [-0.15, -0.1) is 0 Å². The van der Waals surface area contributed by atoms with Gasteiger partial charge in [0.25, 0.3) is 0 Å². The van der Waals surface area contributed by atoms with Gasteiger partial charge in [-0.1, -0.05) is 54.7 Å². The van der Waals surface area contributed by atoms with Crippen LogP contribution in [0.1, 0.15) is 29.0 Å². The zero-order chi connectivity index (χ0) is 14.8. The molecule has 0 bridgehead atoms. The Morgan fingerprint density at radius 3 is 2.62 bits per heavy atom. The largest absolute Gasteiger partial charge is 0.389 e. The first kappa shape index (κ1) is 14.1. The highest BCUT2D eigenvalue weighted by molar-refractivity contribution is 7.80. The van der Waals surface area contributed by atoms with Crippen molar-refractivity contribution >= 4 is 22.9 Å². The van der Waals surface area contributed by atoms with Gasteiger partial charge in [-0.3, -0.25) is 0 Å². The van der Waals surface area contributed by atoms with Crippen LogP contribution in [0.25, 0.3) is 0 Å². The molecule has 1 unspecified atom stereocenters. The molecule has 3 heteroatoms. The van der Waals surface area contributed by atoms with Crippen molar-refractivity contribution < 1.29 is 0 Å². The molecule has 1 heterocycles. The van der Waals surface area contributed by atoms with Crippen LogP contribution < -0.4 is 10.6 Å². The molecular weight excluding hydrogens is 276 g/mol. The lowest BCUT2D eigenvalue weighted by atomic mass is 9.99. The van der Waals surface area contributed by atoms with E-state index in [2.05, 4.69) is 48.2 Å². The van der Waals surface area contributed by atoms with E-state index in [1.54, 1.807) is 0 Å². The third-order valence-corrected chi connectivity index (χ3v) is 4.50. The molecule has 3 rings (SSSR count). The Hall–Kier alpha value is -1.87. The summed E-state index contributed by atoms with van der Waals surface area (Å²) < 4.78 is 0. The summed E-state index contributed by atoms with van der Waals surface area (Å²) in [5.41, 5.74) is 10.8. The second kappa shape index (κ2) is 5.86. The van der Waals surface area contributed by atoms with Crippen LogP contribution in [0.3, 0.4) is 0 Å². The first-order valence-corrected chi connectivity index (χ1v) is 7.77. The number of thiocarbonyl (C=S) groups is 1. The number of para-hydroxylation sites is 1. The SMILES string of the molecule is Cc1cccc(C(N)=S)c1N1CCC(c2ccccc2)C1. The van der Waals surface area contributed by atoms with Crippen LogP contribution in [-0.4, -0.2) is 18.1 Å². The third kappa shape index (κ3) is 2.79. The number of anilines is 1. The molecule has 1 saturated heterocycles. The van der Waals surface area contributed by atoms with Crippen molar-refractivity contribution in [2.75, 3.05) is 18.0 Å². The van der Waals surface area contributed by atoms with E-state index in [0.29, 0.717) is 10.9 Å². The molecule has 1 fully saturated rings. The molecule has 1 aliphatic heterocycles. The van der Waals surface area contributed by atoms with Gasteiger partial charge >= 0.3 is 0 Å². The van der Waals surface area contributed by atoms with Gasteiger partial charge in [0.15, 0.2) is 0 Å². The predicted molar refractivity (Wildman–Crippen MR) is 93.1 cm³/mol. The molecule has 0 amide bonds. The van der Waals surface area contributed by atoms with Gasteiger partial charge in [0.05, 0.1) is 0 Å². The van der Waals surface area contributed by atoms with E-state index in [9.17, 15) is 0 Å². The molecule has 0 spiro atoms. The molecular formula is C18H20N2S. The van der Waals surface area contributed by atoms with E-state index in [-0.39, 0.29) is 0 Å². The summed E-state index contributed by atoms with van der Waals surface area (Å²) in [6, 6.07) is 16.9. The minimum absolute atomic E-state index is 0.483. The van der Waals surface area contributed by atoms with Crippen LogP contribution >= 0.6 is 12.2 Å². The molecule has 2 nitrogen and oxygen atoms in total. The first-order valence-electron chi connectivity index (χ1n) is 7.36. The maximum atomic E-state index is 5.90. The quantitative estimate of drug-likeness (QED) is 0.877. The fourth-order valence-electron chi connectivity index (χ4n) is 3.24. The van der Waals surface area contributed by atoms with Crippen LogP contribution in [0.2, 0.25) is 0 Å². The van der Waals surface area contributed by atoms with Gasteiger partial charge in [0.1, 0.15) is 4.99 Å². The van der Waals surface area contributed by atoms with E-state index in [4.69, 9.17) is 18.0 Å². The van der Waals surface area contributed by atoms with Crippen LogP contribution in [0.15, 0.2) is 48.5 Å². The second-order valence-electron chi connectivity index (χ2n) is 5.68. The summed E-state index contributed by atoms with van der Waals surface area (Å²) in [5, 5.41) is 0. The molecule has 2 aromatic rings. The highest BCUT2D eigenvalue weighted by Gasteiger charge is 2.26. The molecule has 2 aromatic carbocycles. The Morgan fingerprint density at radius 2 is 1.90 bits per heavy atom. The molecule has 0 saturated carbocycles. The summed E-state index contributed by atoms with van der Waals surface area (Å²) >= 11 is 5.22. The van der Waals surface area contributed by atoms with E-state index in [1.165, 1.54) is 23.2 Å². The summed E-state index contributed by atoms with van der Waals surface area (Å²) in [5.74, 6) is 0.588. The van der Waals surface area contributed by atoms with Gasteiger partial charge in [-0.2, -0.15) is 0 Å². The van der Waals surface area contributed by atoms with E-state index < -0.39 is 0 Å². The van der Waals surface area contributed by atoms with Crippen molar-refractivity contribution in [1.29, 1.82) is 0 Å². The standard InChI is InChI=1S/C18H20N2S/c1-13-6-5-9-16(18(19)21)17(13)20-11-10-15(12-20)14-7-3-2-4-8-14/h2-9,15H,10-12H2,1H3,(H2,19,21). The normalized spacial score (nSPS) is 18.0.